The Morgan fingerprint density at radius 1 is 1.30 bits per heavy atom. The molecule has 0 saturated carbocycles. The van der Waals surface area contributed by atoms with Gasteiger partial charge in [0.2, 0.25) is 0 Å². The fraction of sp³-hybridized carbons (Fsp3) is 0.444. The van der Waals surface area contributed by atoms with Crippen LogP contribution in [0.5, 0.6) is 0 Å². The highest BCUT2D eigenvalue weighted by molar-refractivity contribution is 5.48. The largest absolute Gasteiger partial charge is 0.335 e. The minimum Gasteiger partial charge on any atom is -0.335 e. The van der Waals surface area contributed by atoms with Crippen molar-refractivity contribution < 1.29 is 0 Å². The van der Waals surface area contributed by atoms with Crippen LogP contribution in [0.4, 0.5) is 0 Å². The lowest BCUT2D eigenvalue weighted by Crippen LogP contribution is -2.31. The van der Waals surface area contributed by atoms with Crippen LogP contribution in [0.15, 0.2) is 36.9 Å². The van der Waals surface area contributed by atoms with Crippen LogP contribution in [0.2, 0.25) is 0 Å². The summed E-state index contributed by atoms with van der Waals surface area (Å²) in [6.07, 6.45) is 10.5. The number of pyridine rings is 1. The molecule has 23 heavy (non-hydrogen) atoms. The second-order valence-electron chi connectivity index (χ2n) is 6.73. The Morgan fingerprint density at radius 3 is 3.13 bits per heavy atom. The van der Waals surface area contributed by atoms with Crippen molar-refractivity contribution in [3.63, 3.8) is 0 Å². The van der Waals surface area contributed by atoms with Crippen molar-refractivity contribution in [1.29, 1.82) is 0 Å². The molecule has 5 heteroatoms. The van der Waals surface area contributed by atoms with Crippen LogP contribution in [0, 0.1) is 12.8 Å². The summed E-state index contributed by atoms with van der Waals surface area (Å²) < 4.78 is 4.51. The van der Waals surface area contributed by atoms with Gasteiger partial charge in [0.15, 0.2) is 0 Å². The van der Waals surface area contributed by atoms with Crippen molar-refractivity contribution >= 4 is 5.65 Å². The number of aryl methyl sites for hydroxylation is 2. The van der Waals surface area contributed by atoms with E-state index in [1.165, 1.54) is 23.5 Å². The van der Waals surface area contributed by atoms with Crippen LogP contribution in [-0.4, -0.2) is 37.4 Å². The summed E-state index contributed by atoms with van der Waals surface area (Å²) in [7, 11) is 2.21. The van der Waals surface area contributed by atoms with E-state index in [0.717, 1.165) is 31.7 Å². The third-order valence-electron chi connectivity index (χ3n) is 4.84. The number of hydrogen-bond donors (Lipinski definition) is 0. The third kappa shape index (κ3) is 2.77. The molecule has 0 N–H and O–H groups in total. The highest BCUT2D eigenvalue weighted by Crippen LogP contribution is 2.20. The molecule has 4 rings (SSSR count). The molecule has 0 amide bonds. The van der Waals surface area contributed by atoms with Crippen LogP contribution >= 0.6 is 0 Å². The summed E-state index contributed by atoms with van der Waals surface area (Å²) in [5.41, 5.74) is 3.54. The molecule has 0 aromatic carbocycles. The molecule has 5 nitrogen and oxygen atoms in total. The second kappa shape index (κ2) is 5.81. The second-order valence-corrected chi connectivity index (χ2v) is 6.73. The molecule has 3 aromatic heterocycles. The van der Waals surface area contributed by atoms with Crippen molar-refractivity contribution in [3.8, 4) is 0 Å². The number of nitrogens with zero attached hydrogens (tertiary/aromatic N) is 5. The van der Waals surface area contributed by atoms with Gasteiger partial charge >= 0.3 is 0 Å². The minimum absolute atomic E-state index is 0.697. The Bertz CT molecular complexity index is 816. The van der Waals surface area contributed by atoms with Gasteiger partial charge in [-0.25, -0.2) is 9.97 Å². The van der Waals surface area contributed by atoms with E-state index in [9.17, 15) is 0 Å². The average Bonchev–Trinajstić information content (AvgIpc) is 3.15. The van der Waals surface area contributed by atoms with Crippen LogP contribution < -0.4 is 0 Å². The van der Waals surface area contributed by atoms with Crippen molar-refractivity contribution in [3.05, 3.63) is 54.0 Å². The number of rotatable bonds is 4. The summed E-state index contributed by atoms with van der Waals surface area (Å²) >= 11 is 0. The third-order valence-corrected chi connectivity index (χ3v) is 4.84. The molecule has 120 valence electrons. The SMILES string of the molecule is Cc1cccn2c(CN(C)CC3CCc4nccn4C3)cnc12. The van der Waals surface area contributed by atoms with Crippen LogP contribution in [0.1, 0.15) is 23.5 Å². The maximum Gasteiger partial charge on any atom is 0.139 e. The number of imidazole rings is 2. The molecule has 1 aliphatic heterocycles. The topological polar surface area (TPSA) is 38.4 Å². The Balaban J connectivity index is 1.44. The fourth-order valence-corrected chi connectivity index (χ4v) is 3.69. The molecule has 0 fully saturated rings. The standard InChI is InChI=1S/C18H23N5/c1-14-4-3-8-23-16(10-20-18(14)23)13-21(2)11-15-5-6-17-19-7-9-22(17)12-15/h3-4,7-10,15H,5-6,11-13H2,1-2H3. The van der Waals surface area contributed by atoms with Gasteiger partial charge in [-0.2, -0.15) is 0 Å². The number of hydrogen-bond acceptors (Lipinski definition) is 3. The van der Waals surface area contributed by atoms with Gasteiger partial charge in [-0.15, -0.1) is 0 Å². The summed E-state index contributed by atoms with van der Waals surface area (Å²) in [5.74, 6) is 1.93. The monoisotopic (exact) mass is 309 g/mol. The van der Waals surface area contributed by atoms with E-state index in [2.05, 4.69) is 62.3 Å². The van der Waals surface area contributed by atoms with Gasteiger partial charge in [0.1, 0.15) is 11.5 Å². The molecule has 4 heterocycles. The van der Waals surface area contributed by atoms with Crippen molar-refractivity contribution in [1.82, 2.24) is 23.8 Å². The maximum absolute atomic E-state index is 4.56. The number of fused-ring (bicyclic) bond motifs is 2. The first-order valence-corrected chi connectivity index (χ1v) is 8.31. The molecule has 0 radical (unpaired) electrons. The van der Waals surface area contributed by atoms with E-state index in [4.69, 9.17) is 0 Å². The first-order chi connectivity index (χ1) is 11.2. The van der Waals surface area contributed by atoms with Crippen LogP contribution in [0.3, 0.4) is 0 Å². The zero-order chi connectivity index (χ0) is 15.8. The predicted octanol–water partition coefficient (Wildman–Crippen LogP) is 2.53. The van der Waals surface area contributed by atoms with E-state index in [1.807, 2.05) is 12.4 Å². The normalized spacial score (nSPS) is 17.8. The van der Waals surface area contributed by atoms with Crippen molar-refractivity contribution in [2.24, 2.45) is 5.92 Å². The minimum atomic E-state index is 0.697. The molecular formula is C18H23N5. The van der Waals surface area contributed by atoms with E-state index in [0.29, 0.717) is 5.92 Å². The molecule has 3 aromatic rings. The Kier molecular flexibility index (Phi) is 3.65. The molecule has 0 saturated heterocycles. The summed E-state index contributed by atoms with van der Waals surface area (Å²) in [6, 6.07) is 4.20. The Hall–Kier alpha value is -2.14. The van der Waals surface area contributed by atoms with Gasteiger partial charge in [-0.1, -0.05) is 6.07 Å². The zero-order valence-electron chi connectivity index (χ0n) is 13.8. The van der Waals surface area contributed by atoms with Gasteiger partial charge < -0.3 is 13.9 Å². The summed E-state index contributed by atoms with van der Waals surface area (Å²) in [6.45, 7) is 5.24. The molecule has 1 aliphatic rings. The van der Waals surface area contributed by atoms with Crippen molar-refractivity contribution in [2.45, 2.75) is 32.9 Å². The highest BCUT2D eigenvalue weighted by atomic mass is 15.1. The lowest BCUT2D eigenvalue weighted by atomic mass is 9.99. The predicted molar refractivity (Wildman–Crippen MR) is 90.3 cm³/mol. The van der Waals surface area contributed by atoms with Crippen LogP contribution in [-0.2, 0) is 19.5 Å². The Morgan fingerprint density at radius 2 is 2.22 bits per heavy atom. The van der Waals surface area contributed by atoms with Crippen molar-refractivity contribution in [2.75, 3.05) is 13.6 Å². The molecule has 0 spiro atoms. The first-order valence-electron chi connectivity index (χ1n) is 8.31. The summed E-state index contributed by atoms with van der Waals surface area (Å²) in [5, 5.41) is 0. The molecule has 1 atom stereocenters. The van der Waals surface area contributed by atoms with E-state index < -0.39 is 0 Å². The fourth-order valence-electron chi connectivity index (χ4n) is 3.69. The summed E-state index contributed by atoms with van der Waals surface area (Å²) in [4.78, 5) is 11.4. The van der Waals surface area contributed by atoms with Gasteiger partial charge in [0.05, 0.1) is 11.9 Å². The van der Waals surface area contributed by atoms with Gasteiger partial charge in [-0.3, -0.25) is 0 Å². The van der Waals surface area contributed by atoms with E-state index >= 15 is 0 Å². The van der Waals surface area contributed by atoms with Gasteiger partial charge in [-0.05, 0) is 37.9 Å². The lowest BCUT2D eigenvalue weighted by Gasteiger charge is -2.28. The van der Waals surface area contributed by atoms with Crippen LogP contribution in [0.25, 0.3) is 5.65 Å². The van der Waals surface area contributed by atoms with E-state index in [-0.39, 0.29) is 0 Å². The average molecular weight is 309 g/mol. The Labute approximate surface area is 136 Å². The molecule has 0 aliphatic carbocycles. The number of aromatic nitrogens is 4. The van der Waals surface area contributed by atoms with E-state index in [1.54, 1.807) is 0 Å². The quantitative estimate of drug-likeness (QED) is 0.743. The van der Waals surface area contributed by atoms with Gasteiger partial charge in [0, 0.05) is 44.6 Å². The lowest BCUT2D eigenvalue weighted by molar-refractivity contribution is 0.227. The molecular weight excluding hydrogens is 286 g/mol. The van der Waals surface area contributed by atoms with Gasteiger partial charge in [0.25, 0.3) is 0 Å². The highest BCUT2D eigenvalue weighted by Gasteiger charge is 2.20. The maximum atomic E-state index is 4.56. The first kappa shape index (κ1) is 14.5. The zero-order valence-corrected chi connectivity index (χ0v) is 13.8. The smallest absolute Gasteiger partial charge is 0.139 e. The molecule has 0 bridgehead atoms. The molecule has 1 unspecified atom stereocenters.